The summed E-state index contributed by atoms with van der Waals surface area (Å²) in [6, 6.07) is 8.67. The molecule has 4 N–H and O–H groups in total. The Bertz CT molecular complexity index is 632. The van der Waals surface area contributed by atoms with Crippen LogP contribution in [0, 0.1) is 0 Å². The second-order valence-electron chi connectivity index (χ2n) is 4.36. The van der Waals surface area contributed by atoms with Crippen molar-refractivity contribution in [3.8, 4) is 5.69 Å². The first-order chi connectivity index (χ1) is 9.47. The molecule has 0 saturated carbocycles. The van der Waals surface area contributed by atoms with Gasteiger partial charge in [0.2, 0.25) is 5.91 Å². The molecule has 2 amide bonds. The third kappa shape index (κ3) is 2.94. The minimum absolute atomic E-state index is 0.145. The molecule has 0 unspecified atom stereocenters. The van der Waals surface area contributed by atoms with Gasteiger partial charge in [0.05, 0.1) is 12.2 Å². The van der Waals surface area contributed by atoms with Crippen molar-refractivity contribution in [2.75, 3.05) is 19.3 Å². The molecule has 7 heteroatoms. The summed E-state index contributed by atoms with van der Waals surface area (Å²) in [4.78, 5) is 24.0. The number of nitrogens with zero attached hydrogens (tertiary/aromatic N) is 3. The van der Waals surface area contributed by atoms with Crippen LogP contribution in [0.2, 0.25) is 0 Å². The molecule has 0 spiro atoms. The Morgan fingerprint density at radius 1 is 1.25 bits per heavy atom. The highest BCUT2D eigenvalue weighted by Crippen LogP contribution is 2.11. The summed E-state index contributed by atoms with van der Waals surface area (Å²) < 4.78 is 1.56. The summed E-state index contributed by atoms with van der Waals surface area (Å²) in [6.45, 7) is -0.145. The average molecular weight is 273 g/mol. The highest BCUT2D eigenvalue weighted by Gasteiger charge is 2.16. The minimum Gasteiger partial charge on any atom is -0.399 e. The van der Waals surface area contributed by atoms with Crippen LogP contribution in [-0.4, -0.2) is 40.1 Å². The maximum Gasteiger partial charge on any atom is 0.274 e. The van der Waals surface area contributed by atoms with Crippen molar-refractivity contribution in [2.24, 2.45) is 5.73 Å². The van der Waals surface area contributed by atoms with E-state index in [9.17, 15) is 9.59 Å². The molecule has 0 saturated heterocycles. The fourth-order valence-electron chi connectivity index (χ4n) is 1.71. The van der Waals surface area contributed by atoms with E-state index in [0.29, 0.717) is 5.69 Å². The highest BCUT2D eigenvalue weighted by atomic mass is 16.2. The third-order valence-electron chi connectivity index (χ3n) is 2.71. The fraction of sp³-hybridized carbons (Fsp3) is 0.154. The number of carbonyl (C=O) groups is 2. The van der Waals surface area contributed by atoms with E-state index < -0.39 is 5.91 Å². The van der Waals surface area contributed by atoms with Crippen LogP contribution in [0.5, 0.6) is 0 Å². The highest BCUT2D eigenvalue weighted by molar-refractivity contribution is 5.94. The Labute approximate surface area is 115 Å². The van der Waals surface area contributed by atoms with Gasteiger partial charge in [-0.2, -0.15) is 5.10 Å². The lowest BCUT2D eigenvalue weighted by Gasteiger charge is -2.12. The number of hydrogen-bond donors (Lipinski definition) is 2. The van der Waals surface area contributed by atoms with Crippen molar-refractivity contribution < 1.29 is 9.59 Å². The number of hydrogen-bond acceptors (Lipinski definition) is 4. The normalized spacial score (nSPS) is 10.2. The number of benzene rings is 1. The van der Waals surface area contributed by atoms with Crippen LogP contribution in [0.4, 0.5) is 5.69 Å². The molecular formula is C13H15N5O2. The van der Waals surface area contributed by atoms with Crippen molar-refractivity contribution in [3.05, 3.63) is 42.2 Å². The Morgan fingerprint density at radius 3 is 2.50 bits per heavy atom. The number of primary amides is 1. The van der Waals surface area contributed by atoms with Crippen LogP contribution >= 0.6 is 0 Å². The lowest BCUT2D eigenvalue weighted by atomic mass is 10.3. The summed E-state index contributed by atoms with van der Waals surface area (Å²) in [5, 5.41) is 4.17. The van der Waals surface area contributed by atoms with E-state index in [1.165, 1.54) is 11.9 Å². The van der Waals surface area contributed by atoms with Crippen molar-refractivity contribution in [1.82, 2.24) is 14.7 Å². The molecule has 0 radical (unpaired) electrons. The molecule has 0 fully saturated rings. The Morgan fingerprint density at radius 2 is 1.90 bits per heavy atom. The van der Waals surface area contributed by atoms with Crippen LogP contribution < -0.4 is 11.5 Å². The number of likely N-dealkylation sites (N-methyl/N-ethyl adjacent to an activating group) is 1. The largest absolute Gasteiger partial charge is 0.399 e. The average Bonchev–Trinajstić information content (AvgIpc) is 2.87. The lowest BCUT2D eigenvalue weighted by molar-refractivity contribution is -0.118. The second-order valence-corrected chi connectivity index (χ2v) is 4.36. The predicted octanol–water partition coefficient (Wildman–Crippen LogP) is 0.0118. The number of aromatic nitrogens is 2. The predicted molar refractivity (Wildman–Crippen MR) is 74.1 cm³/mol. The minimum atomic E-state index is -0.571. The first kappa shape index (κ1) is 13.6. The number of amides is 2. The first-order valence-electron chi connectivity index (χ1n) is 5.92. The van der Waals surface area contributed by atoms with Gasteiger partial charge in [-0.25, -0.2) is 4.68 Å². The molecule has 1 heterocycles. The van der Waals surface area contributed by atoms with E-state index in [1.54, 1.807) is 41.2 Å². The molecule has 7 nitrogen and oxygen atoms in total. The summed E-state index contributed by atoms with van der Waals surface area (Å²) in [5.74, 6) is -0.934. The smallest absolute Gasteiger partial charge is 0.274 e. The maximum absolute atomic E-state index is 12.0. The van der Waals surface area contributed by atoms with E-state index >= 15 is 0 Å². The SMILES string of the molecule is CN(CC(N)=O)C(=O)c1ccn(-c2ccc(N)cc2)n1. The molecule has 0 atom stereocenters. The van der Waals surface area contributed by atoms with Gasteiger partial charge in [-0.15, -0.1) is 0 Å². The van der Waals surface area contributed by atoms with Crippen LogP contribution in [0.3, 0.4) is 0 Å². The third-order valence-corrected chi connectivity index (χ3v) is 2.71. The quantitative estimate of drug-likeness (QED) is 0.765. The van der Waals surface area contributed by atoms with Gasteiger partial charge in [-0.05, 0) is 30.3 Å². The second kappa shape index (κ2) is 5.43. The molecule has 0 bridgehead atoms. The van der Waals surface area contributed by atoms with E-state index in [2.05, 4.69) is 5.10 Å². The van der Waals surface area contributed by atoms with E-state index in [0.717, 1.165) is 5.69 Å². The van der Waals surface area contributed by atoms with Gasteiger partial charge >= 0.3 is 0 Å². The topological polar surface area (TPSA) is 107 Å². The van der Waals surface area contributed by atoms with Crippen LogP contribution in [0.1, 0.15) is 10.5 Å². The van der Waals surface area contributed by atoms with Crippen LogP contribution in [-0.2, 0) is 4.79 Å². The summed E-state index contributed by atoms with van der Waals surface area (Å²) in [7, 11) is 1.50. The number of rotatable bonds is 4. The number of carbonyl (C=O) groups excluding carboxylic acids is 2. The van der Waals surface area contributed by atoms with Crippen molar-refractivity contribution in [1.29, 1.82) is 0 Å². The van der Waals surface area contributed by atoms with E-state index in [-0.39, 0.29) is 18.1 Å². The monoisotopic (exact) mass is 273 g/mol. The van der Waals surface area contributed by atoms with Crippen LogP contribution in [0.15, 0.2) is 36.5 Å². The zero-order valence-corrected chi connectivity index (χ0v) is 11.0. The van der Waals surface area contributed by atoms with E-state index in [4.69, 9.17) is 11.5 Å². The molecule has 20 heavy (non-hydrogen) atoms. The molecule has 0 aliphatic heterocycles. The van der Waals surface area contributed by atoms with Gasteiger partial charge in [0.15, 0.2) is 5.69 Å². The Kier molecular flexibility index (Phi) is 3.69. The standard InChI is InChI=1S/C13H15N5O2/c1-17(8-12(15)19)13(20)11-6-7-18(16-11)10-4-2-9(14)3-5-10/h2-7H,8,14H2,1H3,(H2,15,19). The molecule has 1 aromatic heterocycles. The summed E-state index contributed by atoms with van der Waals surface area (Å²) in [5.41, 5.74) is 12.3. The molecule has 1 aromatic carbocycles. The van der Waals surface area contributed by atoms with Gasteiger partial charge in [0, 0.05) is 18.9 Å². The van der Waals surface area contributed by atoms with Crippen LogP contribution in [0.25, 0.3) is 5.69 Å². The number of anilines is 1. The van der Waals surface area contributed by atoms with Crippen molar-refractivity contribution in [3.63, 3.8) is 0 Å². The molecule has 0 aliphatic rings. The molecule has 0 aliphatic carbocycles. The fourth-order valence-corrected chi connectivity index (χ4v) is 1.71. The molecule has 104 valence electrons. The van der Waals surface area contributed by atoms with Crippen molar-refractivity contribution >= 4 is 17.5 Å². The van der Waals surface area contributed by atoms with E-state index in [1.807, 2.05) is 0 Å². The zero-order chi connectivity index (χ0) is 14.7. The van der Waals surface area contributed by atoms with Gasteiger partial charge in [-0.1, -0.05) is 0 Å². The Hall–Kier alpha value is -2.83. The van der Waals surface area contributed by atoms with Crippen molar-refractivity contribution in [2.45, 2.75) is 0 Å². The molecular weight excluding hydrogens is 258 g/mol. The maximum atomic E-state index is 12.0. The number of nitrogens with two attached hydrogens (primary N) is 2. The summed E-state index contributed by atoms with van der Waals surface area (Å²) >= 11 is 0. The Balaban J connectivity index is 2.18. The lowest BCUT2D eigenvalue weighted by Crippen LogP contribution is -2.35. The van der Waals surface area contributed by atoms with Gasteiger partial charge in [0.25, 0.3) is 5.91 Å². The number of nitrogen functional groups attached to an aromatic ring is 1. The van der Waals surface area contributed by atoms with Gasteiger partial charge in [0.1, 0.15) is 0 Å². The van der Waals surface area contributed by atoms with Gasteiger partial charge < -0.3 is 16.4 Å². The first-order valence-corrected chi connectivity index (χ1v) is 5.92. The molecule has 2 aromatic rings. The summed E-state index contributed by atoms with van der Waals surface area (Å²) in [6.07, 6.45) is 1.66. The van der Waals surface area contributed by atoms with Gasteiger partial charge in [-0.3, -0.25) is 9.59 Å². The zero-order valence-electron chi connectivity index (χ0n) is 11.0. The molecule has 2 rings (SSSR count).